The molecule has 3 rings (SSSR count). The summed E-state index contributed by atoms with van der Waals surface area (Å²) >= 11 is 5.34. The van der Waals surface area contributed by atoms with E-state index in [9.17, 15) is 0 Å². The lowest BCUT2D eigenvalue weighted by molar-refractivity contribution is 0.415. The van der Waals surface area contributed by atoms with Gasteiger partial charge in [0.2, 0.25) is 0 Å². The molecule has 5 nitrogen and oxygen atoms in total. The van der Waals surface area contributed by atoms with Gasteiger partial charge in [0.15, 0.2) is 5.11 Å². The molecular weight excluding hydrogens is 320 g/mol. The van der Waals surface area contributed by atoms with E-state index in [1.807, 2.05) is 53.3 Å². The molecule has 2 aromatic carbocycles. The fourth-order valence-electron chi connectivity index (χ4n) is 2.24. The van der Waals surface area contributed by atoms with Crippen molar-refractivity contribution < 1.29 is 4.74 Å². The van der Waals surface area contributed by atoms with Crippen molar-refractivity contribution in [3.63, 3.8) is 0 Å². The highest BCUT2D eigenvalue weighted by molar-refractivity contribution is 7.80. The Hall–Kier alpha value is -2.86. The minimum atomic E-state index is 0.542. The van der Waals surface area contributed by atoms with Crippen LogP contribution in [0.3, 0.4) is 0 Å². The molecule has 0 atom stereocenters. The first-order valence-electron chi connectivity index (χ1n) is 7.51. The number of benzene rings is 2. The fraction of sp³-hybridized carbons (Fsp3) is 0.111. The Morgan fingerprint density at radius 1 is 1.04 bits per heavy atom. The van der Waals surface area contributed by atoms with Gasteiger partial charge < -0.3 is 15.4 Å². The molecule has 24 heavy (non-hydrogen) atoms. The topological polar surface area (TPSA) is 51.1 Å². The highest BCUT2D eigenvalue weighted by Crippen LogP contribution is 2.16. The van der Waals surface area contributed by atoms with Gasteiger partial charge in [-0.25, -0.2) is 0 Å². The van der Waals surface area contributed by atoms with E-state index in [4.69, 9.17) is 17.0 Å². The van der Waals surface area contributed by atoms with E-state index in [1.54, 1.807) is 13.3 Å². The van der Waals surface area contributed by atoms with E-state index < -0.39 is 0 Å². The van der Waals surface area contributed by atoms with E-state index >= 15 is 0 Å². The number of nitrogens with one attached hydrogen (secondary N) is 2. The van der Waals surface area contributed by atoms with Crippen LogP contribution in [-0.4, -0.2) is 22.0 Å². The molecule has 0 spiro atoms. The van der Waals surface area contributed by atoms with Crippen molar-refractivity contribution in [1.29, 1.82) is 0 Å². The van der Waals surface area contributed by atoms with E-state index in [0.717, 1.165) is 23.7 Å². The van der Waals surface area contributed by atoms with Crippen LogP contribution in [0.4, 0.5) is 11.4 Å². The van der Waals surface area contributed by atoms with Crippen molar-refractivity contribution >= 4 is 28.7 Å². The normalized spacial score (nSPS) is 10.2. The van der Waals surface area contributed by atoms with Gasteiger partial charge in [0, 0.05) is 23.8 Å². The second-order valence-electron chi connectivity index (χ2n) is 5.21. The Bertz CT molecular complexity index is 783. The molecule has 0 saturated heterocycles. The van der Waals surface area contributed by atoms with Gasteiger partial charge in [-0.2, -0.15) is 5.10 Å². The first-order valence-corrected chi connectivity index (χ1v) is 7.92. The zero-order valence-corrected chi connectivity index (χ0v) is 14.1. The van der Waals surface area contributed by atoms with Crippen molar-refractivity contribution in [2.45, 2.75) is 6.54 Å². The predicted molar refractivity (Wildman–Crippen MR) is 101 cm³/mol. The molecule has 0 fully saturated rings. The van der Waals surface area contributed by atoms with E-state index in [1.165, 1.54) is 5.56 Å². The summed E-state index contributed by atoms with van der Waals surface area (Å²) in [6.07, 6.45) is 3.72. The molecule has 0 bridgehead atoms. The summed E-state index contributed by atoms with van der Waals surface area (Å²) in [6, 6.07) is 17.6. The summed E-state index contributed by atoms with van der Waals surface area (Å²) < 4.78 is 7.02. The number of anilines is 2. The van der Waals surface area contributed by atoms with E-state index in [2.05, 4.69) is 27.9 Å². The number of rotatable bonds is 5. The second kappa shape index (κ2) is 7.61. The number of hydrogen-bond donors (Lipinski definition) is 2. The quantitative estimate of drug-likeness (QED) is 0.694. The van der Waals surface area contributed by atoms with Gasteiger partial charge in [-0.15, -0.1) is 0 Å². The third kappa shape index (κ3) is 4.33. The predicted octanol–water partition coefficient (Wildman–Crippen LogP) is 3.75. The van der Waals surface area contributed by atoms with Crippen molar-refractivity contribution in [2.75, 3.05) is 17.7 Å². The summed E-state index contributed by atoms with van der Waals surface area (Å²) in [6.45, 7) is 0.752. The van der Waals surface area contributed by atoms with Gasteiger partial charge in [-0.1, -0.05) is 12.1 Å². The first kappa shape index (κ1) is 16.0. The number of methoxy groups -OCH3 is 1. The maximum Gasteiger partial charge on any atom is 0.175 e. The van der Waals surface area contributed by atoms with Gasteiger partial charge in [0.1, 0.15) is 5.75 Å². The molecule has 1 heterocycles. The lowest BCUT2D eigenvalue weighted by Gasteiger charge is -2.11. The molecule has 0 aliphatic heterocycles. The molecule has 0 saturated carbocycles. The summed E-state index contributed by atoms with van der Waals surface area (Å²) in [4.78, 5) is 0. The Kier molecular flexibility index (Phi) is 5.08. The van der Waals surface area contributed by atoms with Gasteiger partial charge in [0.25, 0.3) is 0 Å². The molecule has 122 valence electrons. The number of nitrogens with zero attached hydrogens (tertiary/aromatic N) is 2. The molecular formula is C18H18N4OS. The molecule has 0 radical (unpaired) electrons. The van der Waals surface area contributed by atoms with Gasteiger partial charge >= 0.3 is 0 Å². The van der Waals surface area contributed by atoms with Crippen LogP contribution in [0.25, 0.3) is 0 Å². The standard InChI is InChI=1S/C18H18N4OS/c1-23-17-9-7-16(8-10-17)21-18(24)20-15-5-3-14(4-6-15)13-22-12-2-11-19-22/h2-12H,13H2,1H3,(H2,20,21,24). The van der Waals surface area contributed by atoms with Crippen LogP contribution in [0, 0.1) is 0 Å². The number of ether oxygens (including phenoxy) is 1. The summed E-state index contributed by atoms with van der Waals surface area (Å²) in [5.41, 5.74) is 3.02. The smallest absolute Gasteiger partial charge is 0.175 e. The zero-order chi connectivity index (χ0) is 16.8. The number of hydrogen-bond acceptors (Lipinski definition) is 3. The van der Waals surface area contributed by atoms with Gasteiger partial charge in [0.05, 0.1) is 13.7 Å². The van der Waals surface area contributed by atoms with Crippen LogP contribution in [0.2, 0.25) is 0 Å². The monoisotopic (exact) mass is 338 g/mol. The SMILES string of the molecule is COc1ccc(NC(=S)Nc2ccc(Cn3cccn3)cc2)cc1. The third-order valence-corrected chi connectivity index (χ3v) is 3.67. The molecule has 0 aliphatic rings. The average molecular weight is 338 g/mol. The van der Waals surface area contributed by atoms with Crippen molar-refractivity contribution in [1.82, 2.24) is 9.78 Å². The maximum atomic E-state index is 5.34. The van der Waals surface area contributed by atoms with E-state index in [-0.39, 0.29) is 0 Å². The largest absolute Gasteiger partial charge is 0.497 e. The molecule has 3 aromatic rings. The van der Waals surface area contributed by atoms with Crippen LogP contribution >= 0.6 is 12.2 Å². The lowest BCUT2D eigenvalue weighted by atomic mass is 10.2. The number of aromatic nitrogens is 2. The highest BCUT2D eigenvalue weighted by atomic mass is 32.1. The molecule has 0 unspecified atom stereocenters. The van der Waals surface area contributed by atoms with Crippen molar-refractivity contribution in [2.24, 2.45) is 0 Å². The molecule has 1 aromatic heterocycles. The van der Waals surface area contributed by atoms with E-state index in [0.29, 0.717) is 5.11 Å². The Morgan fingerprint density at radius 2 is 1.67 bits per heavy atom. The molecule has 6 heteroatoms. The first-order chi connectivity index (χ1) is 11.7. The zero-order valence-electron chi connectivity index (χ0n) is 13.3. The van der Waals surface area contributed by atoms with Gasteiger partial charge in [-0.3, -0.25) is 4.68 Å². The van der Waals surface area contributed by atoms with Crippen LogP contribution in [-0.2, 0) is 6.54 Å². The summed E-state index contributed by atoms with van der Waals surface area (Å²) in [5, 5.41) is 11.1. The maximum absolute atomic E-state index is 5.34. The lowest BCUT2D eigenvalue weighted by Crippen LogP contribution is -2.19. The minimum absolute atomic E-state index is 0.542. The second-order valence-corrected chi connectivity index (χ2v) is 5.62. The Morgan fingerprint density at radius 3 is 2.21 bits per heavy atom. The molecule has 2 N–H and O–H groups in total. The van der Waals surface area contributed by atoms with Crippen LogP contribution in [0.5, 0.6) is 5.75 Å². The molecule has 0 amide bonds. The Balaban J connectivity index is 1.55. The van der Waals surface area contributed by atoms with Crippen LogP contribution < -0.4 is 15.4 Å². The highest BCUT2D eigenvalue weighted by Gasteiger charge is 2.01. The average Bonchev–Trinajstić information content (AvgIpc) is 3.10. The molecule has 0 aliphatic carbocycles. The third-order valence-electron chi connectivity index (χ3n) is 3.46. The Labute approximate surface area is 146 Å². The minimum Gasteiger partial charge on any atom is -0.497 e. The van der Waals surface area contributed by atoms with Crippen LogP contribution in [0.15, 0.2) is 67.0 Å². The summed E-state index contributed by atoms with van der Waals surface area (Å²) in [7, 11) is 1.64. The van der Waals surface area contributed by atoms with Crippen LogP contribution in [0.1, 0.15) is 5.56 Å². The summed E-state index contributed by atoms with van der Waals surface area (Å²) in [5.74, 6) is 0.812. The fourth-order valence-corrected chi connectivity index (χ4v) is 2.48. The number of thiocarbonyl (C=S) groups is 1. The van der Waals surface area contributed by atoms with Crippen molar-refractivity contribution in [3.05, 3.63) is 72.6 Å². The van der Waals surface area contributed by atoms with Gasteiger partial charge in [-0.05, 0) is 60.2 Å². The van der Waals surface area contributed by atoms with Crippen molar-refractivity contribution in [3.8, 4) is 5.75 Å².